The van der Waals surface area contributed by atoms with Crippen LogP contribution in [0.4, 0.5) is 0 Å². The molecule has 0 aliphatic heterocycles. The van der Waals surface area contributed by atoms with E-state index in [1.807, 2.05) is 0 Å². The first-order valence-electron chi connectivity index (χ1n) is 5.08. The summed E-state index contributed by atoms with van der Waals surface area (Å²) in [6, 6.07) is 4.84. The van der Waals surface area contributed by atoms with Gasteiger partial charge in [0, 0.05) is 11.1 Å². The van der Waals surface area contributed by atoms with Gasteiger partial charge >= 0.3 is 0 Å². The van der Waals surface area contributed by atoms with Gasteiger partial charge in [-0.15, -0.1) is 0 Å². The summed E-state index contributed by atoms with van der Waals surface area (Å²) in [5, 5.41) is 26.4. The zero-order valence-corrected chi connectivity index (χ0v) is 9.76. The molecule has 90 valence electrons. The van der Waals surface area contributed by atoms with Gasteiger partial charge in [0.1, 0.15) is 6.10 Å². The third-order valence-electron chi connectivity index (χ3n) is 2.58. The second-order valence-electron chi connectivity index (χ2n) is 3.74. The number of hydrogen-bond acceptors (Lipinski definition) is 5. The van der Waals surface area contributed by atoms with E-state index < -0.39 is 12.2 Å². The molecule has 2 unspecified atom stereocenters. The largest absolute Gasteiger partial charge is 0.389 e. The van der Waals surface area contributed by atoms with Crippen molar-refractivity contribution in [3.8, 4) is 0 Å². The normalized spacial score (nSPS) is 14.8. The fourth-order valence-corrected chi connectivity index (χ4v) is 1.82. The quantitative estimate of drug-likeness (QED) is 0.590. The second kappa shape index (κ2) is 4.87. The van der Waals surface area contributed by atoms with E-state index in [2.05, 4.69) is 22.8 Å². The Balaban J connectivity index is 2.48. The Labute approximate surface area is 103 Å². The third-order valence-corrected chi connectivity index (χ3v) is 2.96. The molecular weight excluding hydrogens is 240 g/mol. The van der Waals surface area contributed by atoms with Crippen LogP contribution in [0.1, 0.15) is 11.7 Å². The first-order chi connectivity index (χ1) is 8.13. The molecule has 0 saturated heterocycles. The maximum atomic E-state index is 11.4. The van der Waals surface area contributed by atoms with Gasteiger partial charge in [0.15, 0.2) is 0 Å². The summed E-state index contributed by atoms with van der Waals surface area (Å²) in [5.41, 5.74) is 0.254. The molecule has 0 radical (unpaired) electrons. The number of nitrogens with zero attached hydrogens (tertiary/aromatic N) is 1. The Morgan fingerprint density at radius 3 is 2.88 bits per heavy atom. The molecule has 1 aromatic carbocycles. The first kappa shape index (κ1) is 12.1. The van der Waals surface area contributed by atoms with E-state index in [4.69, 9.17) is 0 Å². The first-order valence-corrected chi connectivity index (χ1v) is 5.71. The molecule has 17 heavy (non-hydrogen) atoms. The van der Waals surface area contributed by atoms with Crippen molar-refractivity contribution in [1.29, 1.82) is 0 Å². The Bertz CT molecular complexity index is 584. The number of rotatable bonds is 3. The average molecular weight is 252 g/mol. The predicted molar refractivity (Wildman–Crippen MR) is 67.2 cm³/mol. The Morgan fingerprint density at radius 2 is 2.18 bits per heavy atom. The summed E-state index contributed by atoms with van der Waals surface area (Å²) in [4.78, 5) is 11.4. The highest BCUT2D eigenvalue weighted by molar-refractivity contribution is 7.80. The number of aromatic nitrogens is 2. The number of aliphatic hydroxyl groups is 2. The van der Waals surface area contributed by atoms with Crippen molar-refractivity contribution < 1.29 is 10.2 Å². The van der Waals surface area contributed by atoms with Gasteiger partial charge in [-0.2, -0.15) is 17.7 Å². The number of hydrogen-bond donors (Lipinski definition) is 4. The van der Waals surface area contributed by atoms with Crippen molar-refractivity contribution in [2.45, 2.75) is 12.2 Å². The van der Waals surface area contributed by atoms with E-state index in [1.54, 1.807) is 18.2 Å². The number of thiol groups is 1. The van der Waals surface area contributed by atoms with E-state index in [9.17, 15) is 15.0 Å². The fourth-order valence-electron chi connectivity index (χ4n) is 1.62. The standard InChI is InChI=1S/C11H12N2O3S/c14-9(5-17)10(15)6-1-2-8-7(3-6)4-12-13-11(8)16/h1-4,9-10,14-15,17H,5H2,(H,13,16). The average Bonchev–Trinajstić information content (AvgIpc) is 2.37. The SMILES string of the molecule is O=c1[nH]ncc2cc(C(O)C(O)CS)ccc12. The van der Waals surface area contributed by atoms with Crippen molar-refractivity contribution in [1.82, 2.24) is 10.2 Å². The monoisotopic (exact) mass is 252 g/mol. The van der Waals surface area contributed by atoms with Crippen LogP contribution in [0.15, 0.2) is 29.2 Å². The number of aliphatic hydroxyl groups excluding tert-OH is 2. The minimum Gasteiger partial charge on any atom is -0.389 e. The van der Waals surface area contributed by atoms with Crippen molar-refractivity contribution in [2.24, 2.45) is 0 Å². The van der Waals surface area contributed by atoms with Crippen LogP contribution in [0.25, 0.3) is 10.8 Å². The van der Waals surface area contributed by atoms with Crippen LogP contribution >= 0.6 is 12.6 Å². The molecule has 1 aromatic heterocycles. The van der Waals surface area contributed by atoms with Crippen molar-refractivity contribution in [3.63, 3.8) is 0 Å². The minimum atomic E-state index is -1.02. The van der Waals surface area contributed by atoms with Gasteiger partial charge in [0.2, 0.25) is 0 Å². The molecule has 2 atom stereocenters. The molecule has 0 saturated carbocycles. The summed E-state index contributed by atoms with van der Waals surface area (Å²) in [7, 11) is 0. The predicted octanol–water partition coefficient (Wildman–Crippen LogP) is 0.247. The van der Waals surface area contributed by atoms with Crippen LogP contribution < -0.4 is 5.56 Å². The number of nitrogens with one attached hydrogen (secondary N) is 1. The molecule has 0 spiro atoms. The van der Waals surface area contributed by atoms with Gasteiger partial charge in [0.25, 0.3) is 5.56 Å². The molecule has 1 heterocycles. The third kappa shape index (κ3) is 2.33. The van der Waals surface area contributed by atoms with E-state index in [0.29, 0.717) is 16.3 Å². The molecule has 2 rings (SSSR count). The Kier molecular flexibility index (Phi) is 3.46. The highest BCUT2D eigenvalue weighted by Crippen LogP contribution is 2.20. The summed E-state index contributed by atoms with van der Waals surface area (Å²) < 4.78 is 0. The number of benzene rings is 1. The van der Waals surface area contributed by atoms with E-state index in [-0.39, 0.29) is 11.3 Å². The van der Waals surface area contributed by atoms with Crippen LogP contribution in [0.2, 0.25) is 0 Å². The lowest BCUT2D eigenvalue weighted by Gasteiger charge is -2.16. The van der Waals surface area contributed by atoms with Gasteiger partial charge in [0.05, 0.1) is 17.7 Å². The van der Waals surface area contributed by atoms with Gasteiger partial charge in [-0.1, -0.05) is 6.07 Å². The second-order valence-corrected chi connectivity index (χ2v) is 4.11. The van der Waals surface area contributed by atoms with Crippen molar-refractivity contribution in [3.05, 3.63) is 40.3 Å². The molecule has 0 fully saturated rings. The van der Waals surface area contributed by atoms with Gasteiger partial charge in [-0.05, 0) is 17.7 Å². The fraction of sp³-hybridized carbons (Fsp3) is 0.273. The lowest BCUT2D eigenvalue weighted by molar-refractivity contribution is 0.0338. The Hall–Kier alpha value is -1.37. The molecule has 0 aliphatic carbocycles. The van der Waals surface area contributed by atoms with Gasteiger partial charge in [-0.3, -0.25) is 4.79 Å². The molecule has 5 nitrogen and oxygen atoms in total. The van der Waals surface area contributed by atoms with E-state index in [0.717, 1.165) is 0 Å². The molecule has 6 heteroatoms. The summed E-state index contributed by atoms with van der Waals surface area (Å²) >= 11 is 3.92. The van der Waals surface area contributed by atoms with E-state index in [1.165, 1.54) is 6.20 Å². The maximum absolute atomic E-state index is 11.4. The number of fused-ring (bicyclic) bond motifs is 1. The Morgan fingerprint density at radius 1 is 1.41 bits per heavy atom. The van der Waals surface area contributed by atoms with Crippen molar-refractivity contribution in [2.75, 3.05) is 5.75 Å². The smallest absolute Gasteiger partial charge is 0.272 e. The maximum Gasteiger partial charge on any atom is 0.272 e. The van der Waals surface area contributed by atoms with Crippen molar-refractivity contribution >= 4 is 23.4 Å². The number of H-pyrrole nitrogens is 1. The summed E-state index contributed by atoms with van der Waals surface area (Å²) in [6.45, 7) is 0. The van der Waals surface area contributed by atoms with Crippen LogP contribution in [-0.2, 0) is 0 Å². The minimum absolute atomic E-state index is 0.160. The molecule has 2 aromatic rings. The highest BCUT2D eigenvalue weighted by atomic mass is 32.1. The molecular formula is C11H12N2O3S. The zero-order chi connectivity index (χ0) is 12.4. The number of aromatic amines is 1. The van der Waals surface area contributed by atoms with Crippen LogP contribution in [0.5, 0.6) is 0 Å². The summed E-state index contributed by atoms with van der Waals surface area (Å²) in [6.07, 6.45) is -0.457. The molecule has 0 aliphatic rings. The summed E-state index contributed by atoms with van der Waals surface area (Å²) in [5.74, 6) is 0.160. The molecule has 3 N–H and O–H groups in total. The van der Waals surface area contributed by atoms with Crippen LogP contribution in [-0.4, -0.2) is 32.3 Å². The van der Waals surface area contributed by atoms with Gasteiger partial charge in [-0.25, -0.2) is 5.10 Å². The molecule has 0 bridgehead atoms. The lowest BCUT2D eigenvalue weighted by atomic mass is 10.0. The van der Waals surface area contributed by atoms with Gasteiger partial charge < -0.3 is 10.2 Å². The zero-order valence-electron chi connectivity index (χ0n) is 8.87. The van der Waals surface area contributed by atoms with E-state index >= 15 is 0 Å². The molecule has 0 amide bonds. The highest BCUT2D eigenvalue weighted by Gasteiger charge is 2.17. The lowest BCUT2D eigenvalue weighted by Crippen LogP contribution is -2.19. The van der Waals surface area contributed by atoms with Crippen LogP contribution in [0, 0.1) is 0 Å². The van der Waals surface area contributed by atoms with Crippen LogP contribution in [0.3, 0.4) is 0 Å². The topological polar surface area (TPSA) is 86.2 Å².